The van der Waals surface area contributed by atoms with Crippen molar-refractivity contribution in [2.75, 3.05) is 12.3 Å². The van der Waals surface area contributed by atoms with Crippen LogP contribution < -0.4 is 0 Å². The van der Waals surface area contributed by atoms with Gasteiger partial charge in [-0.05, 0) is 18.8 Å². The first-order valence-electron chi connectivity index (χ1n) is 8.49. The first-order chi connectivity index (χ1) is 11.0. The third kappa shape index (κ3) is 3.75. The summed E-state index contributed by atoms with van der Waals surface area (Å²) < 4.78 is 32.3. The predicted molar refractivity (Wildman–Crippen MR) is 84.1 cm³/mol. The smallest absolute Gasteiger partial charge is 0.245 e. The standard InChI is InChI=1S/C15H25N3O4S/c1-2-14-16-15(22-17-14)13-8-12(19)9-18(13)23(20,21)10-11-6-4-3-5-7-11/h11-13,19H,2-10H2,1H3/t12-,13+/m0/s1. The van der Waals surface area contributed by atoms with Crippen molar-refractivity contribution in [2.45, 2.75) is 64.0 Å². The van der Waals surface area contributed by atoms with E-state index in [1.165, 1.54) is 10.7 Å². The molecule has 1 aromatic rings. The van der Waals surface area contributed by atoms with Gasteiger partial charge in [0.05, 0.1) is 11.9 Å². The van der Waals surface area contributed by atoms with Gasteiger partial charge in [0.2, 0.25) is 15.9 Å². The molecule has 1 aliphatic carbocycles. The highest BCUT2D eigenvalue weighted by molar-refractivity contribution is 7.89. The summed E-state index contributed by atoms with van der Waals surface area (Å²) in [5, 5.41) is 13.8. The van der Waals surface area contributed by atoms with E-state index in [1.807, 2.05) is 6.92 Å². The Morgan fingerprint density at radius 1 is 1.30 bits per heavy atom. The van der Waals surface area contributed by atoms with Crippen LogP contribution in [0.3, 0.4) is 0 Å². The van der Waals surface area contributed by atoms with Crippen LogP contribution >= 0.6 is 0 Å². The lowest BCUT2D eigenvalue weighted by Gasteiger charge is -2.26. The number of rotatable bonds is 5. The zero-order valence-electron chi connectivity index (χ0n) is 13.5. The van der Waals surface area contributed by atoms with Gasteiger partial charge in [0.15, 0.2) is 5.82 Å². The highest BCUT2D eigenvalue weighted by Gasteiger charge is 2.43. The second-order valence-corrected chi connectivity index (χ2v) is 8.63. The molecule has 1 aliphatic heterocycles. The number of aromatic nitrogens is 2. The number of nitrogens with zero attached hydrogens (tertiary/aromatic N) is 3. The van der Waals surface area contributed by atoms with Crippen molar-refractivity contribution in [3.63, 3.8) is 0 Å². The van der Waals surface area contributed by atoms with Crippen molar-refractivity contribution in [1.82, 2.24) is 14.4 Å². The second kappa shape index (κ2) is 6.86. The van der Waals surface area contributed by atoms with Crippen molar-refractivity contribution >= 4 is 10.0 Å². The van der Waals surface area contributed by atoms with E-state index >= 15 is 0 Å². The second-order valence-electron chi connectivity index (χ2n) is 6.66. The Labute approximate surface area is 137 Å². The van der Waals surface area contributed by atoms with E-state index in [1.54, 1.807) is 0 Å². The molecule has 1 N–H and O–H groups in total. The van der Waals surface area contributed by atoms with Crippen LogP contribution in [-0.4, -0.2) is 46.4 Å². The lowest BCUT2D eigenvalue weighted by molar-refractivity contribution is 0.188. The maximum atomic E-state index is 12.8. The van der Waals surface area contributed by atoms with Gasteiger partial charge < -0.3 is 9.63 Å². The SMILES string of the molecule is CCc1noc([C@H]2C[C@H](O)CN2S(=O)(=O)CC2CCCCC2)n1. The number of hydrogen-bond donors (Lipinski definition) is 1. The van der Waals surface area contributed by atoms with Gasteiger partial charge in [0.25, 0.3) is 0 Å². The minimum atomic E-state index is -3.44. The molecule has 1 saturated heterocycles. The van der Waals surface area contributed by atoms with E-state index in [-0.39, 0.29) is 18.2 Å². The summed E-state index contributed by atoms with van der Waals surface area (Å²) in [6.07, 6.45) is 5.62. The fourth-order valence-corrected chi connectivity index (χ4v) is 5.69. The fourth-order valence-electron chi connectivity index (χ4n) is 3.61. The molecule has 0 unspecified atom stereocenters. The molecule has 0 bridgehead atoms. The Morgan fingerprint density at radius 3 is 2.70 bits per heavy atom. The summed E-state index contributed by atoms with van der Waals surface area (Å²) in [7, 11) is -3.44. The summed E-state index contributed by atoms with van der Waals surface area (Å²) in [5.41, 5.74) is 0. The molecule has 2 atom stereocenters. The molecule has 130 valence electrons. The molecule has 0 spiro atoms. The molecule has 23 heavy (non-hydrogen) atoms. The maximum Gasteiger partial charge on any atom is 0.245 e. The molecule has 7 nitrogen and oxygen atoms in total. The van der Waals surface area contributed by atoms with Crippen LogP contribution in [0.1, 0.15) is 63.2 Å². The van der Waals surface area contributed by atoms with Gasteiger partial charge in [-0.3, -0.25) is 0 Å². The highest BCUT2D eigenvalue weighted by Crippen LogP contribution is 2.35. The van der Waals surface area contributed by atoms with Crippen molar-refractivity contribution < 1.29 is 18.0 Å². The van der Waals surface area contributed by atoms with E-state index in [0.717, 1.165) is 25.7 Å². The van der Waals surface area contributed by atoms with Crippen molar-refractivity contribution in [3.8, 4) is 0 Å². The molecule has 0 aromatic carbocycles. The van der Waals surface area contributed by atoms with E-state index in [4.69, 9.17) is 4.52 Å². The molecule has 8 heteroatoms. The lowest BCUT2D eigenvalue weighted by atomic mass is 9.91. The van der Waals surface area contributed by atoms with Gasteiger partial charge in [-0.2, -0.15) is 9.29 Å². The number of aryl methyl sites for hydroxylation is 1. The van der Waals surface area contributed by atoms with Crippen LogP contribution in [0.4, 0.5) is 0 Å². The van der Waals surface area contributed by atoms with Crippen LogP contribution in [0.2, 0.25) is 0 Å². The fraction of sp³-hybridized carbons (Fsp3) is 0.867. The van der Waals surface area contributed by atoms with E-state index in [0.29, 0.717) is 24.6 Å². The summed E-state index contributed by atoms with van der Waals surface area (Å²) in [6, 6.07) is -0.536. The first kappa shape index (κ1) is 16.9. The van der Waals surface area contributed by atoms with E-state index in [2.05, 4.69) is 10.1 Å². The quantitative estimate of drug-likeness (QED) is 0.873. The van der Waals surface area contributed by atoms with Gasteiger partial charge in [-0.25, -0.2) is 8.42 Å². The highest BCUT2D eigenvalue weighted by atomic mass is 32.2. The minimum absolute atomic E-state index is 0.115. The van der Waals surface area contributed by atoms with E-state index in [9.17, 15) is 13.5 Å². The summed E-state index contributed by atoms with van der Waals surface area (Å²) >= 11 is 0. The Balaban J connectivity index is 1.77. The number of sulfonamides is 1. The van der Waals surface area contributed by atoms with Gasteiger partial charge in [-0.1, -0.05) is 31.3 Å². The van der Waals surface area contributed by atoms with Gasteiger partial charge >= 0.3 is 0 Å². The Morgan fingerprint density at radius 2 is 2.04 bits per heavy atom. The summed E-state index contributed by atoms with van der Waals surface area (Å²) in [5.74, 6) is 1.24. The summed E-state index contributed by atoms with van der Waals surface area (Å²) in [4.78, 5) is 4.26. The monoisotopic (exact) mass is 343 g/mol. The molecule has 2 aliphatic rings. The molecule has 2 heterocycles. The molecular formula is C15H25N3O4S. The average Bonchev–Trinajstić information content (AvgIpc) is 3.14. The molecule has 2 fully saturated rings. The number of aliphatic hydroxyl groups is 1. The predicted octanol–water partition coefficient (Wildman–Crippen LogP) is 1.65. The zero-order chi connectivity index (χ0) is 16.4. The Hall–Kier alpha value is -0.990. The van der Waals surface area contributed by atoms with Gasteiger partial charge in [-0.15, -0.1) is 0 Å². The van der Waals surface area contributed by atoms with Crippen molar-refractivity contribution in [2.24, 2.45) is 5.92 Å². The zero-order valence-corrected chi connectivity index (χ0v) is 14.3. The third-order valence-electron chi connectivity index (χ3n) is 4.85. The average molecular weight is 343 g/mol. The molecule has 0 radical (unpaired) electrons. The van der Waals surface area contributed by atoms with Crippen LogP contribution in [0.15, 0.2) is 4.52 Å². The molecular weight excluding hydrogens is 318 g/mol. The molecule has 1 saturated carbocycles. The van der Waals surface area contributed by atoms with Gasteiger partial charge in [0, 0.05) is 19.4 Å². The Kier molecular flexibility index (Phi) is 5.03. The van der Waals surface area contributed by atoms with Gasteiger partial charge in [0.1, 0.15) is 6.04 Å². The number of hydrogen-bond acceptors (Lipinski definition) is 6. The lowest BCUT2D eigenvalue weighted by Crippen LogP contribution is -2.36. The van der Waals surface area contributed by atoms with Crippen LogP contribution in [0, 0.1) is 5.92 Å². The number of aliphatic hydroxyl groups excluding tert-OH is 1. The topological polar surface area (TPSA) is 96.5 Å². The largest absolute Gasteiger partial charge is 0.392 e. The first-order valence-corrected chi connectivity index (χ1v) is 10.1. The molecule has 1 aromatic heterocycles. The van der Waals surface area contributed by atoms with Crippen molar-refractivity contribution in [3.05, 3.63) is 11.7 Å². The minimum Gasteiger partial charge on any atom is -0.392 e. The molecule has 0 amide bonds. The van der Waals surface area contributed by atoms with E-state index < -0.39 is 22.2 Å². The normalized spacial score (nSPS) is 27.6. The third-order valence-corrected chi connectivity index (χ3v) is 6.86. The van der Waals surface area contributed by atoms with Crippen LogP contribution in [0.5, 0.6) is 0 Å². The van der Waals surface area contributed by atoms with Crippen LogP contribution in [-0.2, 0) is 16.4 Å². The maximum absolute atomic E-state index is 12.8. The van der Waals surface area contributed by atoms with Crippen molar-refractivity contribution in [1.29, 1.82) is 0 Å². The van der Waals surface area contributed by atoms with Crippen LogP contribution in [0.25, 0.3) is 0 Å². The Bertz CT molecular complexity index is 624. The summed E-state index contributed by atoms with van der Waals surface area (Å²) in [6.45, 7) is 2.03. The molecule has 3 rings (SSSR count). The number of β-amino-alcohol motifs (C(OH)–C–C–N with tert-alkyl or cyclic N) is 1.